The number of benzene rings is 1. The molecular formula is C24H34N3O10PS. The molecule has 0 bridgehead atoms. The maximum atomic E-state index is 13.6. The number of aliphatic hydroxyl groups excluding tert-OH is 2. The van der Waals surface area contributed by atoms with Crippen molar-refractivity contribution in [2.45, 2.75) is 51.4 Å². The Bertz CT molecular complexity index is 1280. The third-order valence-electron chi connectivity index (χ3n) is 6.11. The van der Waals surface area contributed by atoms with E-state index in [2.05, 4.69) is 10.1 Å². The number of aromatic nitrogens is 2. The average Bonchev–Trinajstić information content (AvgIpc) is 3.13. The second-order valence-corrected chi connectivity index (χ2v) is 12.7. The molecule has 2 heterocycles. The summed E-state index contributed by atoms with van der Waals surface area (Å²) in [5.74, 6) is 0.136. The van der Waals surface area contributed by atoms with Gasteiger partial charge in [-0.2, -0.15) is 0 Å². The highest BCUT2D eigenvalue weighted by molar-refractivity contribution is 8.13. The molecule has 3 rings (SSSR count). The van der Waals surface area contributed by atoms with Crippen molar-refractivity contribution in [1.29, 1.82) is 0 Å². The first kappa shape index (κ1) is 31.4. The highest BCUT2D eigenvalue weighted by Crippen LogP contribution is 2.46. The first-order valence-electron chi connectivity index (χ1n) is 12.1. The Morgan fingerprint density at radius 2 is 1.95 bits per heavy atom. The highest BCUT2D eigenvalue weighted by atomic mass is 32.2. The number of nitrogens with one attached hydrogen (secondary N) is 2. The molecule has 216 valence electrons. The van der Waals surface area contributed by atoms with Crippen LogP contribution in [0.25, 0.3) is 0 Å². The maximum Gasteiger partial charge on any atom is 0.405 e. The molecule has 1 aliphatic heterocycles. The number of aromatic amines is 1. The molecule has 2 unspecified atom stereocenters. The van der Waals surface area contributed by atoms with Gasteiger partial charge in [0.2, 0.25) is 0 Å². The van der Waals surface area contributed by atoms with Crippen molar-refractivity contribution in [3.05, 3.63) is 69.0 Å². The summed E-state index contributed by atoms with van der Waals surface area (Å²) < 4.78 is 31.3. The molecule has 39 heavy (non-hydrogen) atoms. The van der Waals surface area contributed by atoms with E-state index in [0.29, 0.717) is 0 Å². The highest BCUT2D eigenvalue weighted by Gasteiger charge is 2.54. The van der Waals surface area contributed by atoms with Crippen molar-refractivity contribution in [1.82, 2.24) is 14.6 Å². The van der Waals surface area contributed by atoms with E-state index in [1.54, 1.807) is 38.1 Å². The van der Waals surface area contributed by atoms with Crippen molar-refractivity contribution in [3.63, 3.8) is 0 Å². The van der Waals surface area contributed by atoms with Gasteiger partial charge >= 0.3 is 13.4 Å². The fraction of sp³-hybridized carbons (Fsp3) is 0.542. The van der Waals surface area contributed by atoms with Crippen LogP contribution in [0.2, 0.25) is 0 Å². The molecule has 0 saturated carbocycles. The Hall–Kier alpha value is -2.13. The number of rotatable bonds is 13. The third-order valence-corrected chi connectivity index (χ3v) is 8.85. The smallest absolute Gasteiger partial charge is 0.395 e. The minimum Gasteiger partial charge on any atom is -0.395 e. The summed E-state index contributed by atoms with van der Waals surface area (Å²) in [6.45, 7) is 3.63. The SMILES string of the molecule is CC(C)(CO)C(=O)SCCOP(=O)(NCc1ccccc1)OCC1O[C@@H](n2ccc(=O)[nH]c2=O)[C@](C)(O)[C@@H]1O. The first-order chi connectivity index (χ1) is 18.3. The van der Waals surface area contributed by atoms with E-state index in [1.807, 2.05) is 6.07 Å². The zero-order chi connectivity index (χ0) is 28.8. The summed E-state index contributed by atoms with van der Waals surface area (Å²) in [5, 5.41) is 33.4. The van der Waals surface area contributed by atoms with E-state index in [0.717, 1.165) is 34.2 Å². The number of thioether (sulfide) groups is 1. The minimum atomic E-state index is -4.03. The number of carbonyl (C=O) groups excluding carboxylic acids is 1. The van der Waals surface area contributed by atoms with Crippen LogP contribution >= 0.6 is 19.5 Å². The molecule has 0 spiro atoms. The van der Waals surface area contributed by atoms with Gasteiger partial charge in [-0.1, -0.05) is 42.1 Å². The van der Waals surface area contributed by atoms with Gasteiger partial charge < -0.3 is 20.1 Å². The normalized spacial score (nSPS) is 24.9. The number of nitrogens with zero attached hydrogens (tertiary/aromatic N) is 1. The molecule has 0 aliphatic carbocycles. The minimum absolute atomic E-state index is 0.114. The Balaban J connectivity index is 1.69. The molecule has 1 aliphatic rings. The number of carbonyl (C=O) groups is 1. The van der Waals surface area contributed by atoms with Crippen molar-refractivity contribution in [3.8, 4) is 0 Å². The quantitative estimate of drug-likeness (QED) is 0.164. The third kappa shape index (κ3) is 7.97. The standard InChI is InChI=1S/C24H34N3O10PS/c1-23(2,15-28)21(31)39-12-11-35-38(34,25-13-16-7-5-4-6-8-16)36-14-17-19(30)24(3,33)20(37-17)27-10-9-18(29)26-22(27)32/h4-10,17,19-20,28,30,33H,11-15H2,1-3H3,(H,25,34)(H,26,29,32)/t17?,19-,20-,24-,38?/m1/s1. The summed E-state index contributed by atoms with van der Waals surface area (Å²) in [4.78, 5) is 37.9. The summed E-state index contributed by atoms with van der Waals surface area (Å²) >= 11 is 0.923. The largest absolute Gasteiger partial charge is 0.405 e. The average molecular weight is 588 g/mol. The second kappa shape index (κ2) is 13.0. The maximum absolute atomic E-state index is 13.6. The topological polar surface area (TPSA) is 189 Å². The summed E-state index contributed by atoms with van der Waals surface area (Å²) in [5.41, 5.74) is -3.60. The lowest BCUT2D eigenvalue weighted by Crippen LogP contribution is -2.46. The van der Waals surface area contributed by atoms with Gasteiger partial charge in [0.25, 0.3) is 5.56 Å². The lowest BCUT2D eigenvalue weighted by Gasteiger charge is -2.27. The zero-order valence-corrected chi connectivity index (χ0v) is 23.5. The first-order valence-corrected chi connectivity index (χ1v) is 14.7. The van der Waals surface area contributed by atoms with E-state index in [1.165, 1.54) is 6.92 Å². The van der Waals surface area contributed by atoms with Crippen molar-refractivity contribution < 1.29 is 38.5 Å². The van der Waals surface area contributed by atoms with Gasteiger partial charge in [-0.05, 0) is 26.3 Å². The molecule has 1 fully saturated rings. The van der Waals surface area contributed by atoms with Gasteiger partial charge in [0, 0.05) is 24.6 Å². The summed E-state index contributed by atoms with van der Waals surface area (Å²) in [6, 6.07) is 10.1. The van der Waals surface area contributed by atoms with E-state index < -0.39 is 55.1 Å². The number of aliphatic hydroxyl groups is 3. The van der Waals surface area contributed by atoms with Crippen LogP contribution in [0.5, 0.6) is 0 Å². The monoisotopic (exact) mass is 587 g/mol. The van der Waals surface area contributed by atoms with Crippen LogP contribution in [0.3, 0.4) is 0 Å². The molecule has 13 nitrogen and oxygen atoms in total. The fourth-order valence-electron chi connectivity index (χ4n) is 3.63. The summed E-state index contributed by atoms with van der Waals surface area (Å²) in [6.07, 6.45) is -3.03. The van der Waals surface area contributed by atoms with Crippen LogP contribution in [0.4, 0.5) is 0 Å². The van der Waals surface area contributed by atoms with Gasteiger partial charge in [-0.25, -0.2) is 14.4 Å². The molecule has 2 aromatic rings. The van der Waals surface area contributed by atoms with Crippen LogP contribution in [-0.4, -0.2) is 73.4 Å². The van der Waals surface area contributed by atoms with Crippen LogP contribution in [0.1, 0.15) is 32.6 Å². The fourth-order valence-corrected chi connectivity index (χ4v) is 5.86. The predicted molar refractivity (Wildman–Crippen MR) is 143 cm³/mol. The lowest BCUT2D eigenvalue weighted by molar-refractivity contribution is -0.119. The van der Waals surface area contributed by atoms with Gasteiger partial charge in [0.1, 0.15) is 17.8 Å². The van der Waals surface area contributed by atoms with Crippen LogP contribution in [0.15, 0.2) is 52.2 Å². The van der Waals surface area contributed by atoms with Crippen molar-refractivity contribution in [2.24, 2.45) is 5.41 Å². The lowest BCUT2D eigenvalue weighted by atomic mass is 9.96. The Morgan fingerprint density at radius 1 is 1.26 bits per heavy atom. The van der Waals surface area contributed by atoms with Crippen LogP contribution < -0.4 is 16.3 Å². The second-order valence-electron chi connectivity index (χ2n) is 9.84. The van der Waals surface area contributed by atoms with E-state index in [9.17, 15) is 34.3 Å². The van der Waals surface area contributed by atoms with E-state index in [-0.39, 0.29) is 30.6 Å². The molecule has 1 saturated heterocycles. The molecule has 15 heteroatoms. The molecule has 5 atom stereocenters. The molecule has 1 aromatic carbocycles. The summed E-state index contributed by atoms with van der Waals surface area (Å²) in [7, 11) is -4.03. The Kier molecular flexibility index (Phi) is 10.5. The molecule has 0 radical (unpaired) electrons. The molecule has 0 amide bonds. The van der Waals surface area contributed by atoms with Crippen molar-refractivity contribution in [2.75, 3.05) is 25.6 Å². The molecule has 1 aromatic heterocycles. The van der Waals surface area contributed by atoms with Crippen LogP contribution in [0, 0.1) is 5.41 Å². The number of ether oxygens (including phenoxy) is 1. The van der Waals surface area contributed by atoms with E-state index in [4.69, 9.17) is 13.8 Å². The molecular weight excluding hydrogens is 553 g/mol. The van der Waals surface area contributed by atoms with Gasteiger partial charge in [0.05, 0.1) is 25.2 Å². The number of hydrogen-bond donors (Lipinski definition) is 5. The van der Waals surface area contributed by atoms with Crippen LogP contribution in [-0.2, 0) is 29.7 Å². The van der Waals surface area contributed by atoms with Gasteiger partial charge in [0.15, 0.2) is 11.3 Å². The number of hydrogen-bond acceptors (Lipinski definition) is 11. The number of H-pyrrole nitrogens is 1. The van der Waals surface area contributed by atoms with E-state index >= 15 is 0 Å². The van der Waals surface area contributed by atoms with Crippen molar-refractivity contribution >= 4 is 24.6 Å². The van der Waals surface area contributed by atoms with Gasteiger partial charge in [-0.15, -0.1) is 0 Å². The predicted octanol–water partition coefficient (Wildman–Crippen LogP) is 0.755. The molecule has 5 N–H and O–H groups in total. The zero-order valence-electron chi connectivity index (χ0n) is 21.8. The van der Waals surface area contributed by atoms with Gasteiger partial charge in [-0.3, -0.25) is 28.2 Å². The Labute approximate surface area is 229 Å². The Morgan fingerprint density at radius 3 is 2.59 bits per heavy atom.